The fraction of sp³-hybridized carbons (Fsp3) is 0.400. The van der Waals surface area contributed by atoms with E-state index >= 15 is 0 Å². The first-order valence-electron chi connectivity index (χ1n) is 9.45. The van der Waals surface area contributed by atoms with Crippen LogP contribution in [0.1, 0.15) is 19.3 Å². The largest absolute Gasteiger partial charge is 0.354 e. The number of H-pyrrole nitrogens is 1. The first kappa shape index (κ1) is 16.1. The summed E-state index contributed by atoms with van der Waals surface area (Å²) in [7, 11) is 0. The van der Waals surface area contributed by atoms with Crippen LogP contribution in [0, 0.1) is 12.5 Å². The van der Waals surface area contributed by atoms with Gasteiger partial charge in [0.25, 0.3) is 0 Å². The Bertz CT molecular complexity index is 983. The maximum Gasteiger partial charge on any atom is 0.205 e. The minimum absolute atomic E-state index is 0.404. The number of pyridine rings is 1. The zero-order valence-electron chi connectivity index (χ0n) is 15.0. The molecule has 2 fully saturated rings. The van der Waals surface area contributed by atoms with Crippen molar-refractivity contribution in [3.63, 3.8) is 0 Å². The summed E-state index contributed by atoms with van der Waals surface area (Å²) in [6, 6.07) is 6.31. The maximum absolute atomic E-state index is 7.14. The average Bonchev–Trinajstić information content (AvgIpc) is 3.19. The van der Waals surface area contributed by atoms with Gasteiger partial charge in [0.15, 0.2) is 0 Å². The molecule has 0 amide bonds. The number of hydrogen-bond donors (Lipinski definition) is 1. The van der Waals surface area contributed by atoms with Gasteiger partial charge in [-0.15, -0.1) is 0 Å². The van der Waals surface area contributed by atoms with Gasteiger partial charge in [-0.1, -0.05) is 6.07 Å². The predicted molar refractivity (Wildman–Crippen MR) is 105 cm³/mol. The van der Waals surface area contributed by atoms with Gasteiger partial charge in [-0.2, -0.15) is 0 Å². The summed E-state index contributed by atoms with van der Waals surface area (Å²) >= 11 is 0. The summed E-state index contributed by atoms with van der Waals surface area (Å²) in [5, 5.41) is 1.08. The lowest BCUT2D eigenvalue weighted by Gasteiger charge is -2.30. The summed E-state index contributed by atoms with van der Waals surface area (Å²) in [6.07, 6.45) is 8.93. The van der Waals surface area contributed by atoms with Crippen LogP contribution < -0.4 is 9.80 Å². The zero-order valence-corrected chi connectivity index (χ0v) is 15.0. The van der Waals surface area contributed by atoms with Crippen molar-refractivity contribution in [3.05, 3.63) is 48.3 Å². The number of hydrogen-bond acceptors (Lipinski definition) is 5. The van der Waals surface area contributed by atoms with Gasteiger partial charge in [0.2, 0.25) is 5.69 Å². The van der Waals surface area contributed by atoms with Crippen LogP contribution >= 0.6 is 0 Å². The molecule has 7 heteroatoms. The summed E-state index contributed by atoms with van der Waals surface area (Å²) in [5.41, 5.74) is 1.48. The Morgan fingerprint density at radius 2 is 2.11 bits per heavy atom. The van der Waals surface area contributed by atoms with Crippen molar-refractivity contribution < 1.29 is 0 Å². The normalized spacial score (nSPS) is 19.4. The molecule has 7 nitrogen and oxygen atoms in total. The Morgan fingerprint density at radius 1 is 1.19 bits per heavy atom. The van der Waals surface area contributed by atoms with Gasteiger partial charge in [0, 0.05) is 38.1 Å². The van der Waals surface area contributed by atoms with E-state index in [1.54, 1.807) is 12.5 Å². The number of anilines is 2. The number of rotatable bonds is 5. The Morgan fingerprint density at radius 3 is 2.89 bits per heavy atom. The summed E-state index contributed by atoms with van der Waals surface area (Å²) < 4.78 is 0. The molecule has 5 rings (SSSR count). The minimum atomic E-state index is 0.404. The summed E-state index contributed by atoms with van der Waals surface area (Å²) in [5.74, 6) is 2.76. The highest BCUT2D eigenvalue weighted by Gasteiger charge is 2.33. The number of fused-ring (bicyclic) bond motifs is 1. The molecule has 0 unspecified atom stereocenters. The number of aromatic nitrogens is 4. The molecule has 136 valence electrons. The second-order valence-corrected chi connectivity index (χ2v) is 7.41. The first-order valence-corrected chi connectivity index (χ1v) is 9.45. The van der Waals surface area contributed by atoms with E-state index < -0.39 is 0 Å². The predicted octanol–water partition coefficient (Wildman–Crippen LogP) is 3.40. The molecule has 3 aromatic heterocycles. The van der Waals surface area contributed by atoms with Gasteiger partial charge >= 0.3 is 0 Å². The van der Waals surface area contributed by atoms with Crippen LogP contribution in [0.5, 0.6) is 0 Å². The van der Waals surface area contributed by atoms with Gasteiger partial charge < -0.3 is 14.8 Å². The second kappa shape index (κ2) is 6.54. The lowest BCUT2D eigenvalue weighted by molar-refractivity contribution is 0.603. The number of nitrogens with one attached hydrogen (secondary N) is 1. The fourth-order valence-corrected chi connectivity index (χ4v) is 3.92. The third-order valence-electron chi connectivity index (χ3n) is 5.54. The molecule has 1 aliphatic heterocycles. The second-order valence-electron chi connectivity index (χ2n) is 7.41. The Kier molecular flexibility index (Phi) is 3.89. The van der Waals surface area contributed by atoms with Gasteiger partial charge in [0.05, 0.1) is 12.0 Å². The van der Waals surface area contributed by atoms with E-state index in [1.165, 1.54) is 12.8 Å². The average molecular weight is 359 g/mol. The molecular formula is C20H21N7. The molecule has 1 saturated carbocycles. The molecule has 27 heavy (non-hydrogen) atoms. The molecule has 0 aromatic carbocycles. The smallest absolute Gasteiger partial charge is 0.205 e. The third kappa shape index (κ3) is 3.08. The molecule has 3 aromatic rings. The van der Waals surface area contributed by atoms with Crippen LogP contribution in [-0.2, 0) is 0 Å². The highest BCUT2D eigenvalue weighted by Crippen LogP contribution is 2.34. The van der Waals surface area contributed by atoms with Crippen LogP contribution in [0.15, 0.2) is 36.9 Å². The molecule has 2 aliphatic rings. The first-order chi connectivity index (χ1) is 13.3. The molecule has 1 N–H and O–H groups in total. The van der Waals surface area contributed by atoms with Crippen molar-refractivity contribution in [2.45, 2.75) is 25.3 Å². The van der Waals surface area contributed by atoms with Crippen LogP contribution in [0.4, 0.5) is 17.3 Å². The summed E-state index contributed by atoms with van der Waals surface area (Å²) in [4.78, 5) is 24.9. The number of nitrogens with zero attached hydrogens (tertiary/aromatic N) is 6. The fourth-order valence-electron chi connectivity index (χ4n) is 3.92. The Hall–Kier alpha value is -3.14. The standard InChI is InChI=1S/C20H21N7/c1-21-15-4-5-18(23-10-15)27(11-14-2-3-14)16-7-9-26(12-16)20-17-6-8-22-19(17)24-13-25-20/h4-6,8,10,13-14,16H,2-3,7,9,11-12H2,(H,22,24,25)/t16-/m1/s1. The molecule has 1 saturated heterocycles. The maximum atomic E-state index is 7.14. The van der Waals surface area contributed by atoms with Gasteiger partial charge in [0.1, 0.15) is 23.6 Å². The molecule has 4 heterocycles. The SMILES string of the molecule is [C-]#[N+]c1ccc(N(CC2CC2)[C@@H]2CCN(c3ncnc4[nH]ccc34)C2)nc1. The lowest BCUT2D eigenvalue weighted by Crippen LogP contribution is -2.39. The van der Waals surface area contributed by atoms with Gasteiger partial charge in [-0.25, -0.2) is 14.8 Å². The van der Waals surface area contributed by atoms with E-state index in [1.807, 2.05) is 24.4 Å². The Balaban J connectivity index is 1.40. The van der Waals surface area contributed by atoms with Crippen molar-refractivity contribution in [1.82, 2.24) is 19.9 Å². The highest BCUT2D eigenvalue weighted by molar-refractivity contribution is 5.87. The molecule has 0 radical (unpaired) electrons. The van der Waals surface area contributed by atoms with Crippen LogP contribution in [-0.4, -0.2) is 45.6 Å². The number of aromatic amines is 1. The van der Waals surface area contributed by atoms with E-state index in [0.29, 0.717) is 11.7 Å². The molecule has 0 spiro atoms. The van der Waals surface area contributed by atoms with E-state index in [2.05, 4.69) is 34.6 Å². The van der Waals surface area contributed by atoms with Crippen molar-refractivity contribution >= 4 is 28.4 Å². The van der Waals surface area contributed by atoms with E-state index in [0.717, 1.165) is 54.6 Å². The van der Waals surface area contributed by atoms with Gasteiger partial charge in [-0.05, 0) is 37.3 Å². The monoisotopic (exact) mass is 359 g/mol. The van der Waals surface area contributed by atoms with Gasteiger partial charge in [-0.3, -0.25) is 4.98 Å². The molecule has 1 atom stereocenters. The van der Waals surface area contributed by atoms with Crippen molar-refractivity contribution in [1.29, 1.82) is 0 Å². The van der Waals surface area contributed by atoms with Crippen LogP contribution in [0.3, 0.4) is 0 Å². The summed E-state index contributed by atoms with van der Waals surface area (Å²) in [6.45, 7) is 10.1. The molecule has 1 aliphatic carbocycles. The van der Waals surface area contributed by atoms with Crippen LogP contribution in [0.2, 0.25) is 0 Å². The van der Waals surface area contributed by atoms with E-state index in [-0.39, 0.29) is 0 Å². The minimum Gasteiger partial charge on any atom is -0.354 e. The third-order valence-corrected chi connectivity index (χ3v) is 5.54. The van der Waals surface area contributed by atoms with E-state index in [9.17, 15) is 0 Å². The topological polar surface area (TPSA) is 65.3 Å². The zero-order chi connectivity index (χ0) is 18.2. The van der Waals surface area contributed by atoms with Crippen molar-refractivity contribution in [3.8, 4) is 0 Å². The Labute approximate surface area is 157 Å². The lowest BCUT2D eigenvalue weighted by atomic mass is 10.2. The molecule has 0 bridgehead atoms. The van der Waals surface area contributed by atoms with Crippen molar-refractivity contribution in [2.75, 3.05) is 29.4 Å². The molecular weight excluding hydrogens is 338 g/mol. The van der Waals surface area contributed by atoms with Crippen molar-refractivity contribution in [2.24, 2.45) is 5.92 Å². The van der Waals surface area contributed by atoms with E-state index in [4.69, 9.17) is 6.57 Å². The van der Waals surface area contributed by atoms with Crippen LogP contribution in [0.25, 0.3) is 15.9 Å². The highest BCUT2D eigenvalue weighted by atomic mass is 15.3. The quantitative estimate of drug-likeness (QED) is 0.707.